The molecule has 0 radical (unpaired) electrons. The van der Waals surface area contributed by atoms with Gasteiger partial charge in [0.2, 0.25) is 0 Å². The van der Waals surface area contributed by atoms with E-state index in [2.05, 4.69) is 5.32 Å². The summed E-state index contributed by atoms with van der Waals surface area (Å²) in [5.41, 5.74) is 0.822. The summed E-state index contributed by atoms with van der Waals surface area (Å²) in [6.07, 6.45) is 1.06. The zero-order chi connectivity index (χ0) is 12.8. The van der Waals surface area contributed by atoms with Crippen molar-refractivity contribution < 1.29 is 18.7 Å². The number of halogens is 2. The highest BCUT2D eigenvalue weighted by molar-refractivity contribution is 5.80. The van der Waals surface area contributed by atoms with Gasteiger partial charge in [-0.3, -0.25) is 0 Å². The van der Waals surface area contributed by atoms with Gasteiger partial charge in [0.15, 0.2) is 0 Å². The SMILES string of the molecule is C/C(=C/C(=O)O)CNCc1cc(F)ccc1F. The van der Waals surface area contributed by atoms with E-state index in [1.54, 1.807) is 6.92 Å². The van der Waals surface area contributed by atoms with Crippen LogP contribution in [0.4, 0.5) is 8.78 Å². The number of carboxylic acid groups (broad SMARTS) is 1. The molecule has 1 aromatic rings. The van der Waals surface area contributed by atoms with Crippen LogP contribution in [-0.4, -0.2) is 17.6 Å². The van der Waals surface area contributed by atoms with Crippen molar-refractivity contribution in [3.8, 4) is 0 Å². The predicted octanol–water partition coefficient (Wildman–Crippen LogP) is 2.09. The molecule has 0 saturated carbocycles. The number of rotatable bonds is 5. The minimum absolute atomic E-state index is 0.147. The van der Waals surface area contributed by atoms with E-state index in [0.29, 0.717) is 12.1 Å². The maximum atomic E-state index is 13.2. The fraction of sp³-hybridized carbons (Fsp3) is 0.250. The quantitative estimate of drug-likeness (QED) is 0.776. The Labute approximate surface area is 97.8 Å². The number of hydrogen-bond donors (Lipinski definition) is 2. The Bertz CT molecular complexity index is 444. The lowest BCUT2D eigenvalue weighted by Gasteiger charge is -2.06. The van der Waals surface area contributed by atoms with Crippen LogP contribution in [0.2, 0.25) is 0 Å². The van der Waals surface area contributed by atoms with Gasteiger partial charge in [-0.25, -0.2) is 13.6 Å². The second-order valence-electron chi connectivity index (χ2n) is 3.67. The fourth-order valence-electron chi connectivity index (χ4n) is 1.33. The Morgan fingerprint density at radius 2 is 2.18 bits per heavy atom. The Morgan fingerprint density at radius 1 is 1.47 bits per heavy atom. The van der Waals surface area contributed by atoms with Crippen molar-refractivity contribution in [2.45, 2.75) is 13.5 Å². The van der Waals surface area contributed by atoms with Gasteiger partial charge in [-0.2, -0.15) is 0 Å². The second kappa shape index (κ2) is 6.10. The zero-order valence-electron chi connectivity index (χ0n) is 9.34. The lowest BCUT2D eigenvalue weighted by atomic mass is 10.2. The summed E-state index contributed by atoms with van der Waals surface area (Å²) in [7, 11) is 0. The van der Waals surface area contributed by atoms with Gasteiger partial charge in [0, 0.05) is 24.7 Å². The molecule has 0 heterocycles. The number of carbonyl (C=O) groups is 1. The van der Waals surface area contributed by atoms with Crippen LogP contribution in [0.1, 0.15) is 12.5 Å². The van der Waals surface area contributed by atoms with E-state index in [4.69, 9.17) is 5.11 Å². The summed E-state index contributed by atoms with van der Waals surface area (Å²) in [6, 6.07) is 3.22. The average molecular weight is 241 g/mol. The normalized spacial score (nSPS) is 11.6. The molecular formula is C12H13F2NO2. The van der Waals surface area contributed by atoms with Gasteiger partial charge in [-0.05, 0) is 25.1 Å². The summed E-state index contributed by atoms with van der Waals surface area (Å²) in [5.74, 6) is -2.01. The molecule has 17 heavy (non-hydrogen) atoms. The zero-order valence-corrected chi connectivity index (χ0v) is 9.34. The molecule has 0 aliphatic rings. The van der Waals surface area contributed by atoms with E-state index in [0.717, 1.165) is 24.3 Å². The maximum absolute atomic E-state index is 13.2. The van der Waals surface area contributed by atoms with Gasteiger partial charge in [0.05, 0.1) is 0 Å². The van der Waals surface area contributed by atoms with E-state index >= 15 is 0 Å². The molecule has 0 unspecified atom stereocenters. The molecule has 0 aliphatic carbocycles. The first-order valence-electron chi connectivity index (χ1n) is 5.04. The first-order chi connectivity index (χ1) is 7.99. The molecule has 0 fully saturated rings. The molecule has 92 valence electrons. The summed E-state index contributed by atoms with van der Waals surface area (Å²) in [6.45, 7) is 2.10. The van der Waals surface area contributed by atoms with Gasteiger partial charge >= 0.3 is 5.97 Å². The highest BCUT2D eigenvalue weighted by Gasteiger charge is 2.03. The highest BCUT2D eigenvalue weighted by Crippen LogP contribution is 2.09. The molecular weight excluding hydrogens is 228 g/mol. The van der Waals surface area contributed by atoms with Gasteiger partial charge in [0.25, 0.3) is 0 Å². The van der Waals surface area contributed by atoms with Crippen LogP contribution in [0.5, 0.6) is 0 Å². The predicted molar refractivity (Wildman–Crippen MR) is 59.5 cm³/mol. The molecule has 0 atom stereocenters. The monoisotopic (exact) mass is 241 g/mol. The van der Waals surface area contributed by atoms with Gasteiger partial charge in [-0.1, -0.05) is 5.57 Å². The van der Waals surface area contributed by atoms with Crippen molar-refractivity contribution in [1.29, 1.82) is 0 Å². The van der Waals surface area contributed by atoms with Crippen LogP contribution in [0, 0.1) is 11.6 Å². The lowest BCUT2D eigenvalue weighted by Crippen LogP contribution is -2.17. The molecule has 3 nitrogen and oxygen atoms in total. The van der Waals surface area contributed by atoms with Crippen LogP contribution in [0.3, 0.4) is 0 Å². The van der Waals surface area contributed by atoms with Gasteiger partial charge in [-0.15, -0.1) is 0 Å². The average Bonchev–Trinajstić information content (AvgIpc) is 2.22. The molecule has 5 heteroatoms. The Balaban J connectivity index is 2.51. The molecule has 0 spiro atoms. The van der Waals surface area contributed by atoms with E-state index < -0.39 is 17.6 Å². The Hall–Kier alpha value is -1.75. The summed E-state index contributed by atoms with van der Waals surface area (Å²) >= 11 is 0. The third kappa shape index (κ3) is 4.74. The molecule has 0 saturated heterocycles. The van der Waals surface area contributed by atoms with Crippen molar-refractivity contribution in [3.63, 3.8) is 0 Å². The van der Waals surface area contributed by atoms with Crippen LogP contribution < -0.4 is 5.32 Å². The third-order valence-corrected chi connectivity index (χ3v) is 2.10. The minimum Gasteiger partial charge on any atom is -0.478 e. The van der Waals surface area contributed by atoms with E-state index in [1.807, 2.05) is 0 Å². The van der Waals surface area contributed by atoms with Crippen LogP contribution in [0.25, 0.3) is 0 Å². The lowest BCUT2D eigenvalue weighted by molar-refractivity contribution is -0.131. The molecule has 0 aromatic heterocycles. The summed E-state index contributed by atoms with van der Waals surface area (Å²) in [4.78, 5) is 10.3. The molecule has 2 N–H and O–H groups in total. The first kappa shape index (κ1) is 13.3. The molecule has 0 aliphatic heterocycles. The van der Waals surface area contributed by atoms with Crippen molar-refractivity contribution >= 4 is 5.97 Å². The standard InChI is InChI=1S/C12H13F2NO2/c1-8(4-12(16)17)6-15-7-9-5-10(13)2-3-11(9)14/h2-5,15H,6-7H2,1H3,(H,16,17)/b8-4-. The molecule has 1 rings (SSSR count). The maximum Gasteiger partial charge on any atom is 0.328 e. The first-order valence-corrected chi connectivity index (χ1v) is 5.04. The van der Waals surface area contributed by atoms with Crippen molar-refractivity contribution in [1.82, 2.24) is 5.32 Å². The highest BCUT2D eigenvalue weighted by atomic mass is 19.1. The van der Waals surface area contributed by atoms with E-state index in [9.17, 15) is 13.6 Å². The van der Waals surface area contributed by atoms with Crippen LogP contribution in [0.15, 0.2) is 29.8 Å². The Morgan fingerprint density at radius 3 is 2.82 bits per heavy atom. The number of hydrogen-bond acceptors (Lipinski definition) is 2. The van der Waals surface area contributed by atoms with Gasteiger partial charge < -0.3 is 10.4 Å². The topological polar surface area (TPSA) is 49.3 Å². The van der Waals surface area contributed by atoms with E-state index in [1.165, 1.54) is 0 Å². The number of aliphatic carboxylic acids is 1. The molecule has 0 amide bonds. The fourth-order valence-corrected chi connectivity index (χ4v) is 1.33. The smallest absolute Gasteiger partial charge is 0.328 e. The van der Waals surface area contributed by atoms with Crippen molar-refractivity contribution in [2.75, 3.05) is 6.54 Å². The Kier molecular flexibility index (Phi) is 4.78. The summed E-state index contributed by atoms with van der Waals surface area (Å²) in [5, 5.41) is 11.3. The van der Waals surface area contributed by atoms with Crippen molar-refractivity contribution in [3.05, 3.63) is 47.0 Å². The van der Waals surface area contributed by atoms with Gasteiger partial charge in [0.1, 0.15) is 11.6 Å². The largest absolute Gasteiger partial charge is 0.478 e. The van der Waals surface area contributed by atoms with Crippen LogP contribution >= 0.6 is 0 Å². The molecule has 1 aromatic carbocycles. The number of carboxylic acids is 1. The van der Waals surface area contributed by atoms with Crippen LogP contribution in [-0.2, 0) is 11.3 Å². The second-order valence-corrected chi connectivity index (χ2v) is 3.67. The van der Waals surface area contributed by atoms with E-state index in [-0.39, 0.29) is 12.1 Å². The minimum atomic E-state index is -1.03. The number of nitrogens with one attached hydrogen (secondary N) is 1. The molecule has 0 bridgehead atoms. The third-order valence-electron chi connectivity index (χ3n) is 2.10. The number of benzene rings is 1. The van der Waals surface area contributed by atoms with Crippen molar-refractivity contribution in [2.24, 2.45) is 0 Å². The summed E-state index contributed by atoms with van der Waals surface area (Å²) < 4.78 is 26.0.